The maximum Gasteiger partial charge on any atom is 0.226 e. The monoisotopic (exact) mass is 279 g/mol. The fourth-order valence-electron chi connectivity index (χ4n) is 3.12. The van der Waals surface area contributed by atoms with Gasteiger partial charge in [-0.3, -0.25) is 0 Å². The zero-order valence-corrected chi connectivity index (χ0v) is 13.4. The van der Waals surface area contributed by atoms with Crippen molar-refractivity contribution in [2.75, 3.05) is 6.54 Å². The Hall–Kier alpha value is -0.900. The second kappa shape index (κ2) is 6.25. The van der Waals surface area contributed by atoms with Gasteiger partial charge in [-0.15, -0.1) is 0 Å². The average molecular weight is 279 g/mol. The molecule has 0 aromatic carbocycles. The van der Waals surface area contributed by atoms with Crippen LogP contribution in [0.2, 0.25) is 0 Å². The van der Waals surface area contributed by atoms with Gasteiger partial charge in [0.15, 0.2) is 5.82 Å². The maximum atomic E-state index is 5.64. The molecule has 0 saturated heterocycles. The summed E-state index contributed by atoms with van der Waals surface area (Å²) in [6, 6.07) is 0. The molecule has 1 aliphatic carbocycles. The summed E-state index contributed by atoms with van der Waals surface area (Å²) in [5.74, 6) is 3.37. The van der Waals surface area contributed by atoms with E-state index in [1.807, 2.05) is 0 Å². The van der Waals surface area contributed by atoms with Crippen molar-refractivity contribution in [2.24, 2.45) is 23.0 Å². The van der Waals surface area contributed by atoms with Gasteiger partial charge in [-0.05, 0) is 49.5 Å². The zero-order valence-electron chi connectivity index (χ0n) is 13.4. The van der Waals surface area contributed by atoms with Crippen molar-refractivity contribution in [3.63, 3.8) is 0 Å². The fraction of sp³-hybridized carbons (Fsp3) is 0.875. The highest BCUT2D eigenvalue weighted by Crippen LogP contribution is 2.42. The minimum atomic E-state index is 0.403. The summed E-state index contributed by atoms with van der Waals surface area (Å²) < 4.78 is 5.37. The van der Waals surface area contributed by atoms with Crippen molar-refractivity contribution >= 4 is 0 Å². The first-order valence-electron chi connectivity index (χ1n) is 7.92. The molecule has 4 heteroatoms. The van der Waals surface area contributed by atoms with Gasteiger partial charge in [0.2, 0.25) is 5.89 Å². The molecule has 1 saturated carbocycles. The van der Waals surface area contributed by atoms with Crippen molar-refractivity contribution in [1.82, 2.24) is 10.1 Å². The van der Waals surface area contributed by atoms with Crippen molar-refractivity contribution in [3.05, 3.63) is 11.7 Å². The zero-order chi connectivity index (χ0) is 14.8. The molecule has 2 N–H and O–H groups in total. The highest BCUT2D eigenvalue weighted by molar-refractivity contribution is 4.99. The maximum absolute atomic E-state index is 5.64. The molecule has 0 amide bonds. The van der Waals surface area contributed by atoms with Crippen molar-refractivity contribution < 1.29 is 4.52 Å². The predicted octanol–water partition coefficient (Wildman–Crippen LogP) is 3.53. The van der Waals surface area contributed by atoms with E-state index < -0.39 is 0 Å². The molecule has 4 nitrogen and oxygen atoms in total. The summed E-state index contributed by atoms with van der Waals surface area (Å²) in [6.45, 7) is 9.81. The lowest BCUT2D eigenvalue weighted by Crippen LogP contribution is -2.25. The smallest absolute Gasteiger partial charge is 0.226 e. The summed E-state index contributed by atoms with van der Waals surface area (Å²) in [6.07, 6.45) is 5.72. The quantitative estimate of drug-likeness (QED) is 0.915. The van der Waals surface area contributed by atoms with Crippen LogP contribution in [0.1, 0.15) is 71.0 Å². The summed E-state index contributed by atoms with van der Waals surface area (Å²) in [7, 11) is 0. The molecule has 0 spiro atoms. The minimum absolute atomic E-state index is 0.403. The van der Waals surface area contributed by atoms with Crippen molar-refractivity contribution in [2.45, 2.75) is 65.7 Å². The molecule has 1 aromatic rings. The van der Waals surface area contributed by atoms with E-state index in [2.05, 4.69) is 37.8 Å². The summed E-state index contributed by atoms with van der Waals surface area (Å²) in [5.41, 5.74) is 6.06. The number of nitrogens with zero attached hydrogens (tertiary/aromatic N) is 2. The molecule has 114 valence electrons. The Morgan fingerprint density at radius 3 is 2.45 bits per heavy atom. The lowest BCUT2D eigenvalue weighted by Gasteiger charge is -2.36. The van der Waals surface area contributed by atoms with E-state index in [9.17, 15) is 0 Å². The summed E-state index contributed by atoms with van der Waals surface area (Å²) in [4.78, 5) is 4.58. The van der Waals surface area contributed by atoms with Gasteiger partial charge in [-0.25, -0.2) is 0 Å². The van der Waals surface area contributed by atoms with Gasteiger partial charge in [0.05, 0.1) is 0 Å². The van der Waals surface area contributed by atoms with E-state index in [0.717, 1.165) is 24.1 Å². The lowest BCUT2D eigenvalue weighted by atomic mass is 9.70. The van der Waals surface area contributed by atoms with Crippen molar-refractivity contribution in [3.8, 4) is 0 Å². The fourth-order valence-corrected chi connectivity index (χ4v) is 3.12. The third-order valence-electron chi connectivity index (χ3n) is 4.73. The van der Waals surface area contributed by atoms with Gasteiger partial charge in [0.1, 0.15) is 0 Å². The molecule has 1 unspecified atom stereocenters. The van der Waals surface area contributed by atoms with Crippen LogP contribution in [0.4, 0.5) is 0 Å². The summed E-state index contributed by atoms with van der Waals surface area (Å²) >= 11 is 0. The Bertz CT molecular complexity index is 414. The van der Waals surface area contributed by atoms with Crippen molar-refractivity contribution in [1.29, 1.82) is 0 Å². The largest absolute Gasteiger partial charge is 0.339 e. The molecule has 1 fully saturated rings. The van der Waals surface area contributed by atoms with Crippen LogP contribution in [0.3, 0.4) is 0 Å². The van der Waals surface area contributed by atoms with Gasteiger partial charge >= 0.3 is 0 Å². The molecular formula is C16H29N3O. The molecule has 1 atom stereocenters. The Balaban J connectivity index is 1.91. The van der Waals surface area contributed by atoms with E-state index in [4.69, 9.17) is 10.3 Å². The van der Waals surface area contributed by atoms with Crippen LogP contribution in [0, 0.1) is 17.3 Å². The topological polar surface area (TPSA) is 64.9 Å². The molecule has 0 aliphatic heterocycles. The number of nitrogens with two attached hydrogens (primary N) is 1. The lowest BCUT2D eigenvalue weighted by molar-refractivity contribution is 0.166. The number of aromatic nitrogens is 2. The second-order valence-corrected chi connectivity index (χ2v) is 7.51. The molecular weight excluding hydrogens is 250 g/mol. The van der Waals surface area contributed by atoms with Crippen LogP contribution in [-0.2, 0) is 6.42 Å². The third kappa shape index (κ3) is 3.81. The normalized spacial score (nSPS) is 25.6. The van der Waals surface area contributed by atoms with Gasteiger partial charge < -0.3 is 10.3 Å². The Morgan fingerprint density at radius 1 is 1.25 bits per heavy atom. The van der Waals surface area contributed by atoms with Crippen LogP contribution >= 0.6 is 0 Å². The summed E-state index contributed by atoms with van der Waals surface area (Å²) in [5, 5.41) is 4.19. The third-order valence-corrected chi connectivity index (χ3v) is 4.73. The van der Waals surface area contributed by atoms with Crippen LogP contribution in [0.25, 0.3) is 0 Å². The molecule has 0 bridgehead atoms. The first kappa shape index (κ1) is 15.5. The predicted molar refractivity (Wildman–Crippen MR) is 80.4 cm³/mol. The van der Waals surface area contributed by atoms with Gasteiger partial charge in [-0.1, -0.05) is 32.9 Å². The van der Waals surface area contributed by atoms with Gasteiger partial charge in [0.25, 0.3) is 0 Å². The second-order valence-electron chi connectivity index (χ2n) is 7.51. The minimum Gasteiger partial charge on any atom is -0.339 e. The molecule has 0 radical (unpaired) electrons. The molecule has 1 aliphatic rings. The molecule has 1 heterocycles. The van der Waals surface area contributed by atoms with E-state index in [1.54, 1.807) is 0 Å². The first-order valence-corrected chi connectivity index (χ1v) is 7.92. The van der Waals surface area contributed by atoms with Crippen LogP contribution in [-0.4, -0.2) is 16.7 Å². The molecule has 1 aromatic heterocycles. The van der Waals surface area contributed by atoms with Gasteiger partial charge in [0, 0.05) is 12.3 Å². The highest BCUT2D eigenvalue weighted by Gasteiger charge is 2.32. The number of hydrogen-bond acceptors (Lipinski definition) is 4. The van der Waals surface area contributed by atoms with E-state index in [-0.39, 0.29) is 0 Å². The Kier molecular flexibility index (Phi) is 4.84. The van der Waals surface area contributed by atoms with Crippen LogP contribution in [0.5, 0.6) is 0 Å². The van der Waals surface area contributed by atoms with E-state index in [1.165, 1.54) is 25.7 Å². The Labute approximate surface area is 122 Å². The first-order chi connectivity index (χ1) is 9.40. The van der Waals surface area contributed by atoms with E-state index >= 15 is 0 Å². The molecule has 2 rings (SSSR count). The van der Waals surface area contributed by atoms with Crippen LogP contribution < -0.4 is 5.73 Å². The Morgan fingerprint density at radius 2 is 1.90 bits per heavy atom. The van der Waals surface area contributed by atoms with E-state index in [0.29, 0.717) is 23.8 Å². The standard InChI is InChI=1S/C16H29N3O/c1-11(10-17)9-14-18-15(19-20-14)12-5-7-13(8-6-12)16(2,3)4/h11-13H,5-10,17H2,1-4H3. The SMILES string of the molecule is CC(CN)Cc1nc(C2CCC(C(C)(C)C)CC2)no1. The average Bonchev–Trinajstić information content (AvgIpc) is 2.86. The molecule has 20 heavy (non-hydrogen) atoms. The van der Waals surface area contributed by atoms with Gasteiger partial charge in [-0.2, -0.15) is 4.98 Å². The highest BCUT2D eigenvalue weighted by atomic mass is 16.5. The number of rotatable bonds is 4. The van der Waals surface area contributed by atoms with Crippen LogP contribution in [0.15, 0.2) is 4.52 Å². The number of hydrogen-bond donors (Lipinski definition) is 1.